The van der Waals surface area contributed by atoms with E-state index in [0.29, 0.717) is 30.9 Å². The molecule has 154 valence electrons. The minimum atomic E-state index is -5.90. The fourth-order valence-corrected chi connectivity index (χ4v) is 2.76. The van der Waals surface area contributed by atoms with Crippen LogP contribution in [-0.2, 0) is 12.1 Å². The van der Waals surface area contributed by atoms with Crippen LogP contribution in [0.2, 0.25) is 0 Å². The quantitative estimate of drug-likeness (QED) is 0.642. The van der Waals surface area contributed by atoms with Crippen molar-refractivity contribution in [1.82, 2.24) is 4.98 Å². The summed E-state index contributed by atoms with van der Waals surface area (Å²) in [5, 5.41) is 9.49. The number of benzene rings is 1. The van der Waals surface area contributed by atoms with E-state index in [4.69, 9.17) is 0 Å². The third-order valence-corrected chi connectivity index (χ3v) is 4.38. The molecule has 0 aliphatic heterocycles. The Balaban J connectivity index is 2.35. The first-order chi connectivity index (χ1) is 13.0. The molecule has 2 rings (SSSR count). The third-order valence-electron chi connectivity index (χ3n) is 4.38. The molecule has 28 heavy (non-hydrogen) atoms. The summed E-state index contributed by atoms with van der Waals surface area (Å²) in [6, 6.07) is 7.21. The van der Waals surface area contributed by atoms with Gasteiger partial charge in [-0.2, -0.15) is 26.3 Å². The van der Waals surface area contributed by atoms with Crippen molar-refractivity contribution in [3.05, 3.63) is 59.9 Å². The van der Waals surface area contributed by atoms with Crippen LogP contribution < -0.4 is 4.90 Å². The number of aliphatic hydroxyl groups is 1. The molecule has 0 aliphatic carbocycles. The van der Waals surface area contributed by atoms with Gasteiger partial charge in [-0.1, -0.05) is 25.5 Å². The average molecular weight is 406 g/mol. The number of hydrogen-bond donors (Lipinski definition) is 1. The van der Waals surface area contributed by atoms with Gasteiger partial charge in [0.25, 0.3) is 5.60 Å². The van der Waals surface area contributed by atoms with E-state index in [1.54, 1.807) is 24.5 Å². The van der Waals surface area contributed by atoms with Gasteiger partial charge in [0, 0.05) is 36.7 Å². The van der Waals surface area contributed by atoms with Crippen molar-refractivity contribution in [2.75, 3.05) is 11.4 Å². The van der Waals surface area contributed by atoms with Crippen molar-refractivity contribution >= 4 is 5.69 Å². The van der Waals surface area contributed by atoms with Crippen LogP contribution >= 0.6 is 0 Å². The summed E-state index contributed by atoms with van der Waals surface area (Å²) in [5.41, 5.74) is -4.83. The summed E-state index contributed by atoms with van der Waals surface area (Å²) in [4.78, 5) is 5.76. The molecule has 0 fully saturated rings. The summed E-state index contributed by atoms with van der Waals surface area (Å²) in [5.74, 6) is 0. The smallest absolute Gasteiger partial charge is 0.369 e. The number of halogens is 6. The van der Waals surface area contributed by atoms with Crippen molar-refractivity contribution in [1.29, 1.82) is 0 Å². The molecule has 1 aromatic heterocycles. The summed E-state index contributed by atoms with van der Waals surface area (Å²) < 4.78 is 78.1. The summed E-state index contributed by atoms with van der Waals surface area (Å²) in [6.45, 7) is 2.96. The second-order valence-electron chi connectivity index (χ2n) is 6.38. The molecule has 0 aliphatic rings. The van der Waals surface area contributed by atoms with Gasteiger partial charge in [-0.05, 0) is 36.2 Å². The number of aromatic nitrogens is 1. The topological polar surface area (TPSA) is 36.4 Å². The largest absolute Gasteiger partial charge is 0.430 e. The fraction of sp³-hybridized carbons (Fsp3) is 0.421. The van der Waals surface area contributed by atoms with Gasteiger partial charge in [0.1, 0.15) is 0 Å². The van der Waals surface area contributed by atoms with Crippen LogP contribution in [0.25, 0.3) is 0 Å². The van der Waals surface area contributed by atoms with E-state index in [0.717, 1.165) is 30.5 Å². The molecule has 0 amide bonds. The van der Waals surface area contributed by atoms with Crippen LogP contribution in [0.5, 0.6) is 0 Å². The van der Waals surface area contributed by atoms with E-state index in [9.17, 15) is 31.4 Å². The fourth-order valence-electron chi connectivity index (χ4n) is 2.76. The molecule has 0 atom stereocenters. The first kappa shape index (κ1) is 22.0. The van der Waals surface area contributed by atoms with Crippen molar-refractivity contribution in [3.63, 3.8) is 0 Å². The van der Waals surface area contributed by atoms with Crippen LogP contribution in [0.3, 0.4) is 0 Å². The lowest BCUT2D eigenvalue weighted by molar-refractivity contribution is -0.376. The lowest BCUT2D eigenvalue weighted by Gasteiger charge is -2.33. The highest BCUT2D eigenvalue weighted by molar-refractivity contribution is 5.49. The predicted molar refractivity (Wildman–Crippen MR) is 92.6 cm³/mol. The van der Waals surface area contributed by atoms with Crippen molar-refractivity contribution in [3.8, 4) is 0 Å². The molecule has 0 radical (unpaired) electrons. The number of hydrogen-bond acceptors (Lipinski definition) is 3. The molecular weight excluding hydrogens is 386 g/mol. The highest BCUT2D eigenvalue weighted by Gasteiger charge is 2.71. The first-order valence-electron chi connectivity index (χ1n) is 8.61. The Morgan fingerprint density at radius 2 is 1.43 bits per heavy atom. The van der Waals surface area contributed by atoms with Gasteiger partial charge >= 0.3 is 12.4 Å². The SMILES string of the molecule is CCCCN(Cc1ccncc1)c1ccc(C(O)(C(F)(F)F)C(F)(F)F)cc1. The zero-order valence-electron chi connectivity index (χ0n) is 15.1. The maximum Gasteiger partial charge on any atom is 0.430 e. The molecule has 1 N–H and O–H groups in total. The van der Waals surface area contributed by atoms with E-state index in [1.165, 1.54) is 0 Å². The van der Waals surface area contributed by atoms with E-state index >= 15 is 0 Å². The zero-order chi connectivity index (χ0) is 21.0. The number of nitrogens with zero attached hydrogens (tertiary/aromatic N) is 2. The van der Waals surface area contributed by atoms with E-state index in [-0.39, 0.29) is 0 Å². The van der Waals surface area contributed by atoms with Gasteiger partial charge in [-0.25, -0.2) is 0 Å². The van der Waals surface area contributed by atoms with Crippen LogP contribution in [-0.4, -0.2) is 29.0 Å². The molecule has 1 aromatic carbocycles. The van der Waals surface area contributed by atoms with Crippen LogP contribution in [0.15, 0.2) is 48.8 Å². The van der Waals surface area contributed by atoms with Crippen molar-refractivity contribution in [2.24, 2.45) is 0 Å². The molecule has 0 saturated heterocycles. The predicted octanol–water partition coefficient (Wildman–Crippen LogP) is 5.20. The molecule has 1 heterocycles. The maximum atomic E-state index is 13.0. The van der Waals surface area contributed by atoms with Crippen molar-refractivity contribution in [2.45, 2.75) is 44.3 Å². The van der Waals surface area contributed by atoms with Gasteiger partial charge in [0.05, 0.1) is 0 Å². The number of rotatable bonds is 7. The molecule has 3 nitrogen and oxygen atoms in total. The normalized spacial score (nSPS) is 12.9. The Morgan fingerprint density at radius 1 is 0.893 bits per heavy atom. The lowest BCUT2D eigenvalue weighted by atomic mass is 9.92. The molecule has 9 heteroatoms. The Bertz CT molecular complexity index is 730. The number of anilines is 1. The molecule has 0 unspecified atom stereocenters. The summed E-state index contributed by atoms with van der Waals surface area (Å²) in [6.07, 6.45) is -6.93. The van der Waals surface area contributed by atoms with Gasteiger partial charge in [0.2, 0.25) is 0 Å². The van der Waals surface area contributed by atoms with Gasteiger partial charge in [-0.15, -0.1) is 0 Å². The van der Waals surface area contributed by atoms with Crippen LogP contribution in [0.1, 0.15) is 30.9 Å². The van der Waals surface area contributed by atoms with Crippen molar-refractivity contribution < 1.29 is 31.4 Å². The summed E-state index contributed by atoms with van der Waals surface area (Å²) in [7, 11) is 0. The third kappa shape index (κ3) is 4.57. The second kappa shape index (κ2) is 8.38. The van der Waals surface area contributed by atoms with Gasteiger partial charge in [-0.3, -0.25) is 4.98 Å². The number of pyridine rings is 1. The molecular formula is C19H20F6N2O. The minimum absolute atomic E-state index is 0.421. The molecule has 0 bridgehead atoms. The molecule has 0 spiro atoms. The Hall–Kier alpha value is -2.29. The van der Waals surface area contributed by atoms with E-state index in [2.05, 4.69) is 4.98 Å². The molecule has 2 aromatic rings. The highest BCUT2D eigenvalue weighted by atomic mass is 19.4. The van der Waals surface area contributed by atoms with Gasteiger partial charge < -0.3 is 10.0 Å². The van der Waals surface area contributed by atoms with Crippen LogP contribution in [0, 0.1) is 0 Å². The molecule has 0 saturated carbocycles. The maximum absolute atomic E-state index is 13.0. The lowest BCUT2D eigenvalue weighted by Crippen LogP contribution is -2.53. The zero-order valence-corrected chi connectivity index (χ0v) is 15.1. The first-order valence-corrected chi connectivity index (χ1v) is 8.61. The van der Waals surface area contributed by atoms with Crippen LogP contribution in [0.4, 0.5) is 32.0 Å². The number of unbranched alkanes of at least 4 members (excludes halogenated alkanes) is 1. The average Bonchev–Trinajstić information content (AvgIpc) is 2.63. The highest BCUT2D eigenvalue weighted by Crippen LogP contribution is 2.50. The standard InChI is InChI=1S/C19H20F6N2O/c1-2-3-12-27(13-14-8-10-26-11-9-14)16-6-4-15(5-7-16)17(28,18(20,21)22)19(23,24)25/h4-11,28H,2-3,12-13H2,1H3. The second-order valence-corrected chi connectivity index (χ2v) is 6.38. The monoisotopic (exact) mass is 406 g/mol. The van der Waals surface area contributed by atoms with E-state index < -0.39 is 23.5 Å². The van der Waals surface area contributed by atoms with Gasteiger partial charge in [0.15, 0.2) is 0 Å². The van der Waals surface area contributed by atoms with E-state index in [1.807, 2.05) is 11.8 Å². The Kier molecular flexibility index (Phi) is 6.59. The number of alkyl halides is 6. The minimum Gasteiger partial charge on any atom is -0.369 e. The Labute approximate surface area is 158 Å². The Morgan fingerprint density at radius 3 is 1.89 bits per heavy atom. The summed E-state index contributed by atoms with van der Waals surface area (Å²) >= 11 is 0.